The molecule has 0 radical (unpaired) electrons. The summed E-state index contributed by atoms with van der Waals surface area (Å²) in [6, 6.07) is 10.3. The smallest absolute Gasteiger partial charge is 0.191 e. The van der Waals surface area contributed by atoms with E-state index in [1.807, 2.05) is 25.1 Å². The van der Waals surface area contributed by atoms with Gasteiger partial charge < -0.3 is 24.8 Å². The van der Waals surface area contributed by atoms with E-state index < -0.39 is 0 Å². The minimum atomic E-state index is 0. The van der Waals surface area contributed by atoms with Crippen LogP contribution in [-0.4, -0.2) is 50.3 Å². The van der Waals surface area contributed by atoms with Crippen LogP contribution in [-0.2, 0) is 6.54 Å². The van der Waals surface area contributed by atoms with E-state index in [9.17, 15) is 0 Å². The second-order valence-electron chi connectivity index (χ2n) is 7.20. The fourth-order valence-electron chi connectivity index (χ4n) is 2.81. The number of guanidine groups is 1. The minimum absolute atomic E-state index is 0. The monoisotopic (exact) mass is 515 g/mol. The van der Waals surface area contributed by atoms with E-state index in [0.717, 1.165) is 29.7 Å². The molecule has 162 valence electrons. The molecule has 7 nitrogen and oxygen atoms in total. The van der Waals surface area contributed by atoms with Crippen LogP contribution in [0.15, 0.2) is 39.8 Å². The Morgan fingerprint density at radius 1 is 1.24 bits per heavy atom. The maximum atomic E-state index is 5.38. The van der Waals surface area contributed by atoms with Crippen molar-refractivity contribution in [3.05, 3.63) is 47.3 Å². The van der Waals surface area contributed by atoms with Crippen LogP contribution in [0.2, 0.25) is 0 Å². The number of aliphatic imine (C=N–C) groups is 1. The number of hydrogen-bond acceptors (Lipinski definition) is 5. The third kappa shape index (κ3) is 7.85. The fourth-order valence-corrected chi connectivity index (χ4v) is 2.81. The first-order valence-electron chi connectivity index (χ1n) is 9.72. The molecule has 2 rings (SSSR count). The van der Waals surface area contributed by atoms with E-state index in [1.54, 1.807) is 7.11 Å². The van der Waals surface area contributed by atoms with E-state index in [4.69, 9.17) is 9.26 Å². The first kappa shape index (κ1) is 25.2. The lowest BCUT2D eigenvalue weighted by atomic mass is 10.1. The molecule has 1 aromatic carbocycles. The molecule has 0 bridgehead atoms. The number of ether oxygens (including phenoxy) is 1. The average molecular weight is 515 g/mol. The predicted molar refractivity (Wildman–Crippen MR) is 128 cm³/mol. The van der Waals surface area contributed by atoms with Crippen molar-refractivity contribution < 1.29 is 9.26 Å². The van der Waals surface area contributed by atoms with Gasteiger partial charge in [-0.15, -0.1) is 24.0 Å². The van der Waals surface area contributed by atoms with Crippen LogP contribution in [0.4, 0.5) is 0 Å². The highest BCUT2D eigenvalue weighted by Gasteiger charge is 2.15. The summed E-state index contributed by atoms with van der Waals surface area (Å²) in [7, 11) is 5.82. The zero-order valence-electron chi connectivity index (χ0n) is 18.2. The summed E-state index contributed by atoms with van der Waals surface area (Å²) in [5.41, 5.74) is 2.14. The molecule has 1 unspecified atom stereocenters. The molecule has 1 atom stereocenters. The number of benzene rings is 1. The van der Waals surface area contributed by atoms with Gasteiger partial charge in [-0.2, -0.15) is 0 Å². The van der Waals surface area contributed by atoms with Gasteiger partial charge in [0, 0.05) is 19.2 Å². The molecule has 2 aromatic rings. The summed E-state index contributed by atoms with van der Waals surface area (Å²) in [6.07, 6.45) is 0. The lowest BCUT2D eigenvalue weighted by Crippen LogP contribution is -2.41. The van der Waals surface area contributed by atoms with Gasteiger partial charge in [0.15, 0.2) is 11.7 Å². The first-order chi connectivity index (χ1) is 13.4. The molecule has 2 N–H and O–H groups in total. The molecule has 8 heteroatoms. The summed E-state index contributed by atoms with van der Waals surface area (Å²) in [6.45, 7) is 8.17. The molecule has 0 fully saturated rings. The maximum Gasteiger partial charge on any atom is 0.191 e. The number of rotatable bonds is 9. The molecule has 29 heavy (non-hydrogen) atoms. The van der Waals surface area contributed by atoms with Crippen molar-refractivity contribution in [1.29, 1.82) is 0 Å². The number of aromatic nitrogens is 1. The first-order valence-corrected chi connectivity index (χ1v) is 9.72. The van der Waals surface area contributed by atoms with Gasteiger partial charge in [-0.05, 0) is 44.6 Å². The van der Waals surface area contributed by atoms with E-state index in [-0.39, 0.29) is 30.0 Å². The Hall–Kier alpha value is -1.81. The summed E-state index contributed by atoms with van der Waals surface area (Å²) in [5, 5.41) is 10.8. The zero-order chi connectivity index (χ0) is 20.5. The molecular formula is C21H34IN5O2. The second-order valence-corrected chi connectivity index (χ2v) is 7.20. The van der Waals surface area contributed by atoms with Gasteiger partial charge in [0.1, 0.15) is 12.3 Å². The highest BCUT2D eigenvalue weighted by atomic mass is 127. The van der Waals surface area contributed by atoms with Gasteiger partial charge in [0.05, 0.1) is 18.8 Å². The molecule has 1 aromatic heterocycles. The molecule has 0 saturated carbocycles. The zero-order valence-corrected chi connectivity index (χ0v) is 20.6. The van der Waals surface area contributed by atoms with Crippen molar-refractivity contribution in [3.63, 3.8) is 0 Å². The van der Waals surface area contributed by atoms with Gasteiger partial charge in [-0.25, -0.2) is 4.99 Å². The molecule has 0 spiro atoms. The van der Waals surface area contributed by atoms with Crippen LogP contribution in [0, 0.1) is 0 Å². The van der Waals surface area contributed by atoms with Crippen molar-refractivity contribution in [2.24, 2.45) is 4.99 Å². The van der Waals surface area contributed by atoms with E-state index >= 15 is 0 Å². The molecule has 0 aliphatic carbocycles. The van der Waals surface area contributed by atoms with Gasteiger partial charge in [0.25, 0.3) is 0 Å². The van der Waals surface area contributed by atoms with Crippen LogP contribution >= 0.6 is 24.0 Å². The Morgan fingerprint density at radius 3 is 2.59 bits per heavy atom. The number of nitrogens with one attached hydrogen (secondary N) is 2. The second kappa shape index (κ2) is 12.7. The minimum Gasteiger partial charge on any atom is -0.497 e. The summed E-state index contributed by atoms with van der Waals surface area (Å²) < 4.78 is 10.7. The van der Waals surface area contributed by atoms with Crippen LogP contribution < -0.4 is 15.4 Å². The highest BCUT2D eigenvalue weighted by molar-refractivity contribution is 14.0. The molecule has 0 aliphatic heterocycles. The van der Waals surface area contributed by atoms with Crippen molar-refractivity contribution in [3.8, 4) is 5.75 Å². The van der Waals surface area contributed by atoms with Gasteiger partial charge >= 0.3 is 0 Å². The number of nitrogens with zero attached hydrogens (tertiary/aromatic N) is 3. The molecule has 0 saturated heterocycles. The van der Waals surface area contributed by atoms with E-state index in [0.29, 0.717) is 19.0 Å². The third-order valence-electron chi connectivity index (χ3n) is 4.47. The lowest BCUT2D eigenvalue weighted by molar-refractivity contribution is 0.297. The van der Waals surface area contributed by atoms with Gasteiger partial charge in [-0.1, -0.05) is 31.1 Å². The van der Waals surface area contributed by atoms with Crippen molar-refractivity contribution in [1.82, 2.24) is 20.7 Å². The van der Waals surface area contributed by atoms with Gasteiger partial charge in [0.2, 0.25) is 0 Å². The number of halogens is 1. The summed E-state index contributed by atoms with van der Waals surface area (Å²) >= 11 is 0. The van der Waals surface area contributed by atoms with Crippen molar-refractivity contribution in [2.75, 3.05) is 34.3 Å². The topological polar surface area (TPSA) is 74.9 Å². The van der Waals surface area contributed by atoms with Crippen molar-refractivity contribution >= 4 is 29.9 Å². The Morgan fingerprint density at radius 2 is 2.00 bits per heavy atom. The van der Waals surface area contributed by atoms with Crippen LogP contribution in [0.5, 0.6) is 5.75 Å². The quantitative estimate of drug-likeness (QED) is 0.301. The molecule has 0 aliphatic rings. The third-order valence-corrected chi connectivity index (χ3v) is 4.47. The average Bonchev–Trinajstić information content (AvgIpc) is 3.15. The maximum absolute atomic E-state index is 5.38. The fraction of sp³-hybridized carbons (Fsp3) is 0.524. The van der Waals surface area contributed by atoms with Crippen molar-refractivity contribution in [2.45, 2.75) is 39.3 Å². The highest BCUT2D eigenvalue weighted by Crippen LogP contribution is 2.22. The van der Waals surface area contributed by atoms with E-state index in [1.165, 1.54) is 5.56 Å². The summed E-state index contributed by atoms with van der Waals surface area (Å²) in [5.74, 6) is 2.71. The van der Waals surface area contributed by atoms with Crippen LogP contribution in [0.1, 0.15) is 49.7 Å². The number of methoxy groups -OCH3 is 1. The van der Waals surface area contributed by atoms with Crippen LogP contribution in [0.3, 0.4) is 0 Å². The SMILES string of the molecule is CCNC(=NCc1cc(C(C)C)no1)NCC(c1cccc(OC)c1)N(C)C.I. The Labute approximate surface area is 191 Å². The Balaban J connectivity index is 0.00000420. The Kier molecular flexibility index (Phi) is 11.0. The van der Waals surface area contributed by atoms with E-state index in [2.05, 4.69) is 65.8 Å². The largest absolute Gasteiger partial charge is 0.497 e. The number of likely N-dealkylation sites (N-methyl/N-ethyl adjacent to an activating group) is 1. The standard InChI is InChI=1S/C21H33N5O2.HI/c1-7-22-21(23-13-18-12-19(15(2)3)25-28-18)24-14-20(26(4)5)16-9-8-10-17(11-16)27-6;/h8-12,15,20H,7,13-14H2,1-6H3,(H2,22,23,24);1H. The summed E-state index contributed by atoms with van der Waals surface area (Å²) in [4.78, 5) is 6.81. The predicted octanol–water partition coefficient (Wildman–Crippen LogP) is 3.78. The van der Waals surface area contributed by atoms with Crippen LogP contribution in [0.25, 0.3) is 0 Å². The normalized spacial score (nSPS) is 12.6. The lowest BCUT2D eigenvalue weighted by Gasteiger charge is -2.26. The molecular weight excluding hydrogens is 481 g/mol. The number of hydrogen-bond donors (Lipinski definition) is 2. The van der Waals surface area contributed by atoms with Gasteiger partial charge in [-0.3, -0.25) is 0 Å². The molecule has 0 amide bonds. The molecule has 1 heterocycles. The Bertz CT molecular complexity index is 761.